The van der Waals surface area contributed by atoms with Crippen LogP contribution in [0.1, 0.15) is 44.2 Å². The van der Waals surface area contributed by atoms with Crippen LogP contribution in [0.25, 0.3) is 0 Å². The van der Waals surface area contributed by atoms with E-state index in [0.717, 1.165) is 31.2 Å². The molecule has 3 unspecified atom stereocenters. The summed E-state index contributed by atoms with van der Waals surface area (Å²) in [5.41, 5.74) is 1.00. The second kappa shape index (κ2) is 6.21. The van der Waals surface area contributed by atoms with Crippen molar-refractivity contribution in [2.45, 2.75) is 50.8 Å². The lowest BCUT2D eigenvalue weighted by atomic mass is 10.0. The third-order valence-corrected chi connectivity index (χ3v) is 3.88. The molecular formula is C15H23NO2. The Hall–Kier alpha value is -1.06. The van der Waals surface area contributed by atoms with Crippen LogP contribution in [0.15, 0.2) is 24.3 Å². The molecule has 1 aliphatic rings. The largest absolute Gasteiger partial charge is 0.508 e. The fourth-order valence-corrected chi connectivity index (χ4v) is 2.80. The molecule has 0 spiro atoms. The van der Waals surface area contributed by atoms with Gasteiger partial charge in [0.05, 0.1) is 6.10 Å². The first-order chi connectivity index (χ1) is 8.74. The molecule has 0 aromatic heterocycles. The number of hydrogen-bond acceptors (Lipinski definition) is 3. The van der Waals surface area contributed by atoms with Gasteiger partial charge in [0.25, 0.3) is 0 Å². The zero-order chi connectivity index (χ0) is 13.0. The van der Waals surface area contributed by atoms with Crippen molar-refractivity contribution in [3.8, 4) is 5.75 Å². The van der Waals surface area contributed by atoms with Gasteiger partial charge in [-0.3, -0.25) is 0 Å². The highest BCUT2D eigenvalue weighted by atomic mass is 16.5. The smallest absolute Gasteiger partial charge is 0.120 e. The van der Waals surface area contributed by atoms with Crippen molar-refractivity contribution >= 4 is 0 Å². The van der Waals surface area contributed by atoms with Gasteiger partial charge < -0.3 is 15.2 Å². The van der Waals surface area contributed by atoms with E-state index < -0.39 is 0 Å². The molecule has 0 aliphatic heterocycles. The van der Waals surface area contributed by atoms with Crippen molar-refractivity contribution in [2.75, 3.05) is 7.11 Å². The van der Waals surface area contributed by atoms with Crippen molar-refractivity contribution in [3.63, 3.8) is 0 Å². The van der Waals surface area contributed by atoms with Crippen LogP contribution in [0.3, 0.4) is 0 Å². The number of aromatic hydroxyl groups is 1. The molecule has 2 N–H and O–H groups in total. The molecule has 3 heteroatoms. The summed E-state index contributed by atoms with van der Waals surface area (Å²) in [4.78, 5) is 0. The number of phenolic OH excluding ortho intramolecular Hbond substituents is 1. The maximum Gasteiger partial charge on any atom is 0.120 e. The predicted octanol–water partition coefficient (Wildman–Crippen LogP) is 3.00. The number of hydrogen-bond donors (Lipinski definition) is 2. The Morgan fingerprint density at radius 1 is 1.39 bits per heavy atom. The number of nitrogens with one attached hydrogen (secondary N) is 1. The van der Waals surface area contributed by atoms with Gasteiger partial charge in [-0.15, -0.1) is 0 Å². The number of rotatable bonds is 5. The Bertz CT molecular complexity index is 381. The lowest BCUT2D eigenvalue weighted by Crippen LogP contribution is -2.31. The molecule has 100 valence electrons. The molecule has 1 aromatic carbocycles. The Labute approximate surface area is 109 Å². The quantitative estimate of drug-likeness (QED) is 0.843. The molecule has 1 aliphatic carbocycles. The average molecular weight is 249 g/mol. The van der Waals surface area contributed by atoms with Crippen LogP contribution in [-0.4, -0.2) is 24.4 Å². The normalized spacial score (nSPS) is 25.2. The van der Waals surface area contributed by atoms with E-state index in [2.05, 4.69) is 12.2 Å². The topological polar surface area (TPSA) is 41.5 Å². The molecule has 1 fully saturated rings. The fourth-order valence-electron chi connectivity index (χ4n) is 2.80. The van der Waals surface area contributed by atoms with Gasteiger partial charge in [-0.25, -0.2) is 0 Å². The van der Waals surface area contributed by atoms with Gasteiger partial charge in [0.2, 0.25) is 0 Å². The van der Waals surface area contributed by atoms with Crippen LogP contribution >= 0.6 is 0 Å². The Morgan fingerprint density at radius 3 is 2.78 bits per heavy atom. The van der Waals surface area contributed by atoms with E-state index in [-0.39, 0.29) is 6.04 Å². The highest BCUT2D eigenvalue weighted by molar-refractivity contribution is 5.34. The molecular weight excluding hydrogens is 226 g/mol. The molecule has 18 heavy (non-hydrogen) atoms. The predicted molar refractivity (Wildman–Crippen MR) is 72.7 cm³/mol. The lowest BCUT2D eigenvalue weighted by molar-refractivity contribution is 0.106. The molecule has 1 aromatic rings. The summed E-state index contributed by atoms with van der Waals surface area (Å²) in [6.07, 6.45) is 4.73. The van der Waals surface area contributed by atoms with Gasteiger partial charge in [-0.05, 0) is 31.7 Å². The van der Waals surface area contributed by atoms with Crippen molar-refractivity contribution in [2.24, 2.45) is 0 Å². The van der Waals surface area contributed by atoms with Crippen molar-refractivity contribution < 1.29 is 9.84 Å². The molecule has 0 bridgehead atoms. The molecule has 0 radical (unpaired) electrons. The van der Waals surface area contributed by atoms with E-state index >= 15 is 0 Å². The summed E-state index contributed by atoms with van der Waals surface area (Å²) in [7, 11) is 1.79. The molecule has 0 saturated heterocycles. The Kier molecular flexibility index (Phi) is 4.61. The summed E-state index contributed by atoms with van der Waals surface area (Å²) < 4.78 is 5.40. The minimum absolute atomic E-state index is 0.229. The zero-order valence-electron chi connectivity index (χ0n) is 11.2. The van der Waals surface area contributed by atoms with Gasteiger partial charge in [0, 0.05) is 24.8 Å². The summed E-state index contributed by atoms with van der Waals surface area (Å²) >= 11 is 0. The van der Waals surface area contributed by atoms with E-state index in [1.54, 1.807) is 13.2 Å². The summed E-state index contributed by atoms with van der Waals surface area (Å²) in [6, 6.07) is 8.32. The lowest BCUT2D eigenvalue weighted by Gasteiger charge is -2.23. The third kappa shape index (κ3) is 3.03. The van der Waals surface area contributed by atoms with Gasteiger partial charge in [0.1, 0.15) is 5.75 Å². The van der Waals surface area contributed by atoms with Gasteiger partial charge in [-0.2, -0.15) is 0 Å². The molecule has 3 atom stereocenters. The zero-order valence-corrected chi connectivity index (χ0v) is 11.2. The fraction of sp³-hybridized carbons (Fsp3) is 0.600. The van der Waals surface area contributed by atoms with Gasteiger partial charge in [-0.1, -0.05) is 25.1 Å². The minimum atomic E-state index is 0.229. The van der Waals surface area contributed by atoms with Crippen LogP contribution < -0.4 is 5.32 Å². The number of methoxy groups -OCH3 is 1. The van der Waals surface area contributed by atoms with Crippen molar-refractivity contribution in [3.05, 3.63) is 29.8 Å². The average Bonchev–Trinajstić information content (AvgIpc) is 2.85. The van der Waals surface area contributed by atoms with Gasteiger partial charge >= 0.3 is 0 Å². The third-order valence-electron chi connectivity index (χ3n) is 3.88. The maximum atomic E-state index is 9.92. The molecule has 3 nitrogen and oxygen atoms in total. The first-order valence-electron chi connectivity index (χ1n) is 6.81. The minimum Gasteiger partial charge on any atom is -0.508 e. The first kappa shape index (κ1) is 13.4. The Morgan fingerprint density at radius 2 is 2.17 bits per heavy atom. The van der Waals surface area contributed by atoms with E-state index in [9.17, 15) is 5.11 Å². The van der Waals surface area contributed by atoms with E-state index in [0.29, 0.717) is 17.9 Å². The van der Waals surface area contributed by atoms with E-state index in [4.69, 9.17) is 4.74 Å². The van der Waals surface area contributed by atoms with Crippen LogP contribution in [0, 0.1) is 0 Å². The van der Waals surface area contributed by atoms with Gasteiger partial charge in [0.15, 0.2) is 0 Å². The first-order valence-corrected chi connectivity index (χ1v) is 6.81. The second-order valence-electron chi connectivity index (χ2n) is 5.05. The number of benzene rings is 1. The van der Waals surface area contributed by atoms with E-state index in [1.807, 2.05) is 18.2 Å². The van der Waals surface area contributed by atoms with Crippen LogP contribution in [-0.2, 0) is 4.74 Å². The summed E-state index contributed by atoms with van der Waals surface area (Å²) in [6.45, 7) is 2.15. The van der Waals surface area contributed by atoms with E-state index in [1.165, 1.54) is 0 Å². The molecule has 2 rings (SSSR count). The van der Waals surface area contributed by atoms with Crippen molar-refractivity contribution in [1.29, 1.82) is 0 Å². The number of phenols is 1. The van der Waals surface area contributed by atoms with Crippen LogP contribution in [0.2, 0.25) is 0 Å². The SMILES string of the molecule is CCC(NC1CCC(OC)C1)c1ccccc1O. The summed E-state index contributed by atoms with van der Waals surface area (Å²) in [5.74, 6) is 0.387. The highest BCUT2D eigenvalue weighted by Gasteiger charge is 2.26. The maximum absolute atomic E-state index is 9.92. The molecule has 0 heterocycles. The summed E-state index contributed by atoms with van der Waals surface area (Å²) in [5, 5.41) is 13.6. The van der Waals surface area contributed by atoms with Crippen molar-refractivity contribution in [1.82, 2.24) is 5.32 Å². The molecule has 1 saturated carbocycles. The highest BCUT2D eigenvalue weighted by Crippen LogP contribution is 2.29. The monoisotopic (exact) mass is 249 g/mol. The standard InChI is InChI=1S/C15H23NO2/c1-3-14(13-6-4-5-7-15(13)17)16-11-8-9-12(10-11)18-2/h4-7,11-12,14,16-17H,3,8-10H2,1-2H3. The number of ether oxygens (including phenoxy) is 1. The Balaban J connectivity index is 2.00. The van der Waals surface area contributed by atoms with Crippen LogP contribution in [0.4, 0.5) is 0 Å². The van der Waals surface area contributed by atoms with Crippen LogP contribution in [0.5, 0.6) is 5.75 Å². The second-order valence-corrected chi connectivity index (χ2v) is 5.05. The molecule has 0 amide bonds. The number of para-hydroxylation sites is 1.